The minimum absolute atomic E-state index is 0.115. The molecule has 158 valence electrons. The van der Waals surface area contributed by atoms with Crippen LogP contribution in [0.2, 0.25) is 0 Å². The molecule has 9 heteroatoms. The molecule has 0 atom stereocenters. The van der Waals surface area contributed by atoms with Gasteiger partial charge in [-0.1, -0.05) is 71.1 Å². The van der Waals surface area contributed by atoms with E-state index >= 15 is 0 Å². The topological polar surface area (TPSA) is 81.7 Å². The number of alkyl halides is 1. The van der Waals surface area contributed by atoms with Crippen molar-refractivity contribution in [3.63, 3.8) is 0 Å². The van der Waals surface area contributed by atoms with Crippen LogP contribution in [0.3, 0.4) is 0 Å². The highest BCUT2D eigenvalue weighted by atomic mass is 35.5. The van der Waals surface area contributed by atoms with Crippen LogP contribution in [0.15, 0.2) is 73.1 Å². The lowest BCUT2D eigenvalue weighted by molar-refractivity contribution is -0.129. The van der Waals surface area contributed by atoms with Crippen LogP contribution in [0.25, 0.3) is 0 Å². The van der Waals surface area contributed by atoms with Gasteiger partial charge in [0.25, 0.3) is 0 Å². The maximum Gasteiger partial charge on any atom is 0.238 e. The molecule has 0 aliphatic rings. The summed E-state index contributed by atoms with van der Waals surface area (Å²) < 4.78 is 3.51. The summed E-state index contributed by atoms with van der Waals surface area (Å²) in [6.45, 7) is 1.83. The second-order valence-corrected chi connectivity index (χ2v) is 7.44. The van der Waals surface area contributed by atoms with Crippen LogP contribution in [0.1, 0.15) is 22.5 Å². The van der Waals surface area contributed by atoms with E-state index in [0.29, 0.717) is 37.6 Å². The zero-order valence-electron chi connectivity index (χ0n) is 16.9. The molecule has 2 aromatic heterocycles. The van der Waals surface area contributed by atoms with E-state index in [2.05, 4.69) is 20.6 Å². The summed E-state index contributed by atoms with van der Waals surface area (Å²) in [4.78, 5) is 14.0. The number of nitrogens with zero attached hydrogens (tertiary/aromatic N) is 7. The van der Waals surface area contributed by atoms with Crippen LogP contribution in [0, 0.1) is 0 Å². The van der Waals surface area contributed by atoms with Gasteiger partial charge in [0, 0.05) is 0 Å². The number of aromatic nitrogens is 6. The molecule has 0 N–H and O–H groups in total. The highest BCUT2D eigenvalue weighted by Crippen LogP contribution is 2.10. The van der Waals surface area contributed by atoms with Crippen molar-refractivity contribution in [2.24, 2.45) is 0 Å². The molecule has 0 saturated heterocycles. The number of hydrogen-bond donors (Lipinski definition) is 0. The van der Waals surface area contributed by atoms with Gasteiger partial charge in [-0.05, 0) is 11.1 Å². The molecule has 4 rings (SSSR count). The predicted octanol–water partition coefficient (Wildman–Crippen LogP) is 2.73. The number of amides is 1. The van der Waals surface area contributed by atoms with Gasteiger partial charge < -0.3 is 4.90 Å². The molecule has 0 fully saturated rings. The van der Waals surface area contributed by atoms with Crippen LogP contribution in [0.5, 0.6) is 0 Å². The lowest BCUT2D eigenvalue weighted by Crippen LogP contribution is -2.31. The van der Waals surface area contributed by atoms with E-state index in [1.807, 2.05) is 73.1 Å². The Morgan fingerprint density at radius 1 is 0.774 bits per heavy atom. The molecule has 1 amide bonds. The fraction of sp³-hybridized carbons (Fsp3) is 0.227. The smallest absolute Gasteiger partial charge is 0.238 e. The van der Waals surface area contributed by atoms with Crippen molar-refractivity contribution in [1.82, 2.24) is 34.9 Å². The van der Waals surface area contributed by atoms with Gasteiger partial charge in [-0.15, -0.1) is 21.8 Å². The predicted molar refractivity (Wildman–Crippen MR) is 116 cm³/mol. The lowest BCUT2D eigenvalue weighted by Gasteiger charge is -2.19. The van der Waals surface area contributed by atoms with E-state index in [-0.39, 0.29) is 11.8 Å². The van der Waals surface area contributed by atoms with Crippen LogP contribution in [0.4, 0.5) is 0 Å². The van der Waals surface area contributed by atoms with Crippen molar-refractivity contribution in [2.45, 2.75) is 26.2 Å². The fourth-order valence-electron chi connectivity index (χ4n) is 3.23. The second kappa shape index (κ2) is 9.99. The monoisotopic (exact) mass is 435 g/mol. The summed E-state index contributed by atoms with van der Waals surface area (Å²) in [5, 5.41) is 16.8. The van der Waals surface area contributed by atoms with Crippen LogP contribution in [-0.4, -0.2) is 46.7 Å². The molecule has 2 heterocycles. The minimum atomic E-state index is -0.197. The van der Waals surface area contributed by atoms with Crippen molar-refractivity contribution in [3.8, 4) is 0 Å². The van der Waals surface area contributed by atoms with Crippen LogP contribution < -0.4 is 0 Å². The Hall–Kier alpha value is -3.52. The van der Waals surface area contributed by atoms with E-state index in [1.165, 1.54) is 0 Å². The Morgan fingerprint density at radius 2 is 1.23 bits per heavy atom. The van der Waals surface area contributed by atoms with Gasteiger partial charge in [-0.25, -0.2) is 9.36 Å². The Kier molecular flexibility index (Phi) is 6.68. The number of carbonyl (C=O) groups excluding carboxylic acids is 1. The zero-order chi connectivity index (χ0) is 21.5. The normalized spacial score (nSPS) is 10.9. The third-order valence-electron chi connectivity index (χ3n) is 4.72. The standard InChI is InChI=1S/C22H22ClN7O/c23-11-22(31)28(14-20-16-29(26-24-20)12-18-7-3-1-4-8-18)15-21-17-30(27-25-21)13-19-9-5-2-6-10-19/h1-10,16-17H,11-15H2. The number of halogens is 1. The lowest BCUT2D eigenvalue weighted by atomic mass is 10.2. The Bertz CT molecular complexity index is 1030. The molecule has 0 spiro atoms. The van der Waals surface area contributed by atoms with Crippen molar-refractivity contribution in [1.29, 1.82) is 0 Å². The van der Waals surface area contributed by atoms with Gasteiger partial charge in [-0.3, -0.25) is 4.79 Å². The first-order valence-electron chi connectivity index (χ1n) is 9.89. The molecule has 4 aromatic rings. The molecular weight excluding hydrogens is 414 g/mol. The molecule has 2 aromatic carbocycles. The highest BCUT2D eigenvalue weighted by Gasteiger charge is 2.17. The third-order valence-corrected chi connectivity index (χ3v) is 4.95. The molecule has 0 aliphatic heterocycles. The molecule has 8 nitrogen and oxygen atoms in total. The maximum absolute atomic E-state index is 12.4. The van der Waals surface area contributed by atoms with Gasteiger partial charge in [0.15, 0.2) is 0 Å². The van der Waals surface area contributed by atoms with Gasteiger partial charge in [0.1, 0.15) is 17.3 Å². The van der Waals surface area contributed by atoms with Gasteiger partial charge in [0.2, 0.25) is 5.91 Å². The van der Waals surface area contributed by atoms with E-state index in [4.69, 9.17) is 11.6 Å². The van der Waals surface area contributed by atoms with Crippen molar-refractivity contribution in [2.75, 3.05) is 5.88 Å². The number of rotatable bonds is 9. The Morgan fingerprint density at radius 3 is 1.65 bits per heavy atom. The summed E-state index contributed by atoms with van der Waals surface area (Å²) >= 11 is 5.83. The van der Waals surface area contributed by atoms with E-state index < -0.39 is 0 Å². The van der Waals surface area contributed by atoms with E-state index in [1.54, 1.807) is 14.3 Å². The van der Waals surface area contributed by atoms with Gasteiger partial charge in [0.05, 0.1) is 38.6 Å². The Labute approximate surface area is 185 Å². The largest absolute Gasteiger partial charge is 0.330 e. The molecule has 0 aliphatic carbocycles. The summed E-state index contributed by atoms with van der Waals surface area (Å²) in [6.07, 6.45) is 3.68. The number of hydrogen-bond acceptors (Lipinski definition) is 5. The SMILES string of the molecule is O=C(CCl)N(Cc1cn(Cc2ccccc2)nn1)Cc1cn(Cc2ccccc2)nn1. The summed E-state index contributed by atoms with van der Waals surface area (Å²) in [7, 11) is 0. The number of carbonyl (C=O) groups is 1. The average Bonchev–Trinajstić information content (AvgIpc) is 3.43. The molecular formula is C22H22ClN7O. The first kappa shape index (κ1) is 20.7. The van der Waals surface area contributed by atoms with Crippen molar-refractivity contribution < 1.29 is 4.79 Å². The summed E-state index contributed by atoms with van der Waals surface area (Å²) in [6, 6.07) is 20.0. The maximum atomic E-state index is 12.4. The third kappa shape index (κ3) is 5.76. The van der Waals surface area contributed by atoms with Crippen LogP contribution >= 0.6 is 11.6 Å². The molecule has 0 unspecified atom stereocenters. The van der Waals surface area contributed by atoms with E-state index in [9.17, 15) is 4.79 Å². The first-order chi connectivity index (χ1) is 15.2. The van der Waals surface area contributed by atoms with E-state index in [0.717, 1.165) is 11.1 Å². The molecule has 0 radical (unpaired) electrons. The fourth-order valence-corrected chi connectivity index (χ4v) is 3.39. The van der Waals surface area contributed by atoms with Crippen molar-refractivity contribution >= 4 is 17.5 Å². The Balaban J connectivity index is 1.41. The summed E-state index contributed by atoms with van der Waals surface area (Å²) in [5.74, 6) is -0.312. The van der Waals surface area contributed by atoms with Crippen LogP contribution in [-0.2, 0) is 31.0 Å². The van der Waals surface area contributed by atoms with Gasteiger partial charge >= 0.3 is 0 Å². The first-order valence-corrected chi connectivity index (χ1v) is 10.4. The quantitative estimate of drug-likeness (QED) is 0.377. The van der Waals surface area contributed by atoms with Crippen molar-refractivity contribution in [3.05, 3.63) is 95.6 Å². The zero-order valence-corrected chi connectivity index (χ0v) is 17.6. The molecule has 0 saturated carbocycles. The highest BCUT2D eigenvalue weighted by molar-refractivity contribution is 6.27. The van der Waals surface area contributed by atoms with Gasteiger partial charge in [-0.2, -0.15) is 0 Å². The molecule has 31 heavy (non-hydrogen) atoms. The second-order valence-electron chi connectivity index (χ2n) is 7.17. The minimum Gasteiger partial charge on any atom is -0.330 e. The average molecular weight is 436 g/mol. The number of benzene rings is 2. The summed E-state index contributed by atoms with van der Waals surface area (Å²) in [5.41, 5.74) is 3.63. The molecule has 0 bridgehead atoms.